The fraction of sp³-hybridized carbons (Fsp3) is 0.345. The first kappa shape index (κ1) is 27.0. The number of thiophene rings is 1. The normalized spacial score (nSPS) is 17.6. The van der Waals surface area contributed by atoms with Crippen LogP contribution in [-0.4, -0.2) is 85.4 Å². The van der Waals surface area contributed by atoms with E-state index in [1.807, 2.05) is 17.5 Å². The average Bonchev–Trinajstić information content (AvgIpc) is 3.66. The molecule has 3 aromatic rings. The molecule has 2 amide bonds. The van der Waals surface area contributed by atoms with Crippen molar-refractivity contribution < 1.29 is 23.5 Å². The van der Waals surface area contributed by atoms with Crippen LogP contribution < -0.4 is 4.74 Å². The maximum atomic E-state index is 14.9. The van der Waals surface area contributed by atoms with E-state index in [1.54, 1.807) is 54.5 Å². The number of carbonyl (C=O) groups is 2. The van der Waals surface area contributed by atoms with Gasteiger partial charge in [-0.25, -0.2) is 9.40 Å². The molecular formula is C29H31FN4O4S. The molecule has 10 heteroatoms. The van der Waals surface area contributed by atoms with Gasteiger partial charge in [0.2, 0.25) is 0 Å². The molecule has 2 aliphatic rings. The molecule has 0 spiro atoms. The third-order valence-corrected chi connectivity index (χ3v) is 7.89. The van der Waals surface area contributed by atoms with Crippen LogP contribution in [0.15, 0.2) is 71.1 Å². The van der Waals surface area contributed by atoms with E-state index in [0.29, 0.717) is 49.6 Å². The lowest BCUT2D eigenvalue weighted by Gasteiger charge is -2.31. The molecule has 1 fully saturated rings. The van der Waals surface area contributed by atoms with Crippen molar-refractivity contribution in [1.29, 1.82) is 0 Å². The van der Waals surface area contributed by atoms with Gasteiger partial charge in [-0.05, 0) is 41.8 Å². The zero-order valence-corrected chi connectivity index (χ0v) is 22.6. The predicted octanol–water partition coefficient (Wildman–Crippen LogP) is 4.05. The van der Waals surface area contributed by atoms with Crippen molar-refractivity contribution in [2.75, 3.05) is 53.0 Å². The summed E-state index contributed by atoms with van der Waals surface area (Å²) in [6, 6.07) is 16.6. The van der Waals surface area contributed by atoms with Gasteiger partial charge in [0.25, 0.3) is 11.8 Å². The van der Waals surface area contributed by atoms with E-state index in [4.69, 9.17) is 9.47 Å². The van der Waals surface area contributed by atoms with Crippen molar-refractivity contribution in [3.8, 4) is 5.75 Å². The quantitative estimate of drug-likeness (QED) is 0.402. The number of hydrogen-bond donors (Lipinski definition) is 0. The molecule has 0 saturated carbocycles. The van der Waals surface area contributed by atoms with E-state index in [2.05, 4.69) is 10.0 Å². The van der Waals surface area contributed by atoms with Gasteiger partial charge in [0.1, 0.15) is 18.1 Å². The first-order chi connectivity index (χ1) is 19.0. The van der Waals surface area contributed by atoms with Crippen LogP contribution in [0, 0.1) is 5.82 Å². The number of carbonyl (C=O) groups excluding carboxylic acids is 2. The fourth-order valence-corrected chi connectivity index (χ4v) is 5.53. The Bertz CT molecular complexity index is 1310. The van der Waals surface area contributed by atoms with E-state index in [-0.39, 0.29) is 24.2 Å². The molecule has 1 saturated heterocycles. The Balaban J connectivity index is 1.40. The zero-order valence-electron chi connectivity index (χ0n) is 21.8. The fourth-order valence-electron chi connectivity index (χ4n) is 4.81. The minimum absolute atomic E-state index is 0.179. The predicted molar refractivity (Wildman–Crippen MR) is 148 cm³/mol. The third-order valence-electron chi connectivity index (χ3n) is 6.98. The van der Waals surface area contributed by atoms with E-state index in [1.165, 1.54) is 22.4 Å². The third kappa shape index (κ3) is 6.35. The number of rotatable bonds is 9. The smallest absolute Gasteiger partial charge is 0.262 e. The molecule has 2 aliphatic heterocycles. The number of halogens is 1. The Hall–Kier alpha value is -3.60. The van der Waals surface area contributed by atoms with E-state index < -0.39 is 6.04 Å². The highest BCUT2D eigenvalue weighted by atomic mass is 32.1. The Labute approximate surface area is 231 Å². The SMILES string of the molecule is COc1ccc(C(=O)N(CCN2CCOCC2)CC(=O)N2N=C(c3cccs3)C[C@H]2c2ccccc2F)cc1. The van der Waals surface area contributed by atoms with E-state index in [0.717, 1.165) is 23.7 Å². The Morgan fingerprint density at radius 2 is 1.87 bits per heavy atom. The van der Waals surface area contributed by atoms with Crippen molar-refractivity contribution in [2.24, 2.45) is 5.10 Å². The molecule has 2 aromatic carbocycles. The molecule has 204 valence electrons. The number of hydrazone groups is 1. The van der Waals surface area contributed by atoms with Crippen LogP contribution in [0.4, 0.5) is 4.39 Å². The van der Waals surface area contributed by atoms with Gasteiger partial charge in [-0.2, -0.15) is 5.10 Å². The largest absolute Gasteiger partial charge is 0.497 e. The number of ether oxygens (including phenoxy) is 2. The van der Waals surface area contributed by atoms with Crippen LogP contribution in [0.1, 0.15) is 33.3 Å². The molecule has 8 nitrogen and oxygen atoms in total. The molecular weight excluding hydrogens is 519 g/mol. The van der Waals surface area contributed by atoms with Crippen molar-refractivity contribution in [3.05, 3.63) is 87.9 Å². The van der Waals surface area contributed by atoms with Crippen LogP contribution in [0.2, 0.25) is 0 Å². The van der Waals surface area contributed by atoms with Gasteiger partial charge in [0.05, 0.1) is 37.0 Å². The highest BCUT2D eigenvalue weighted by molar-refractivity contribution is 7.12. The molecule has 0 radical (unpaired) electrons. The Morgan fingerprint density at radius 3 is 2.56 bits per heavy atom. The minimum atomic E-state index is -0.590. The zero-order chi connectivity index (χ0) is 27.2. The van der Waals surface area contributed by atoms with Gasteiger partial charge in [-0.1, -0.05) is 24.3 Å². The van der Waals surface area contributed by atoms with Gasteiger partial charge >= 0.3 is 0 Å². The number of nitrogens with zero attached hydrogens (tertiary/aromatic N) is 4. The van der Waals surface area contributed by atoms with Crippen LogP contribution >= 0.6 is 11.3 Å². The first-order valence-corrected chi connectivity index (χ1v) is 13.8. The highest BCUT2D eigenvalue weighted by Gasteiger charge is 2.36. The summed E-state index contributed by atoms with van der Waals surface area (Å²) < 4.78 is 25.5. The maximum absolute atomic E-state index is 14.9. The lowest BCUT2D eigenvalue weighted by Crippen LogP contribution is -2.46. The van der Waals surface area contributed by atoms with Crippen LogP contribution in [0.5, 0.6) is 5.75 Å². The highest BCUT2D eigenvalue weighted by Crippen LogP contribution is 2.35. The number of morpholine rings is 1. The van der Waals surface area contributed by atoms with Crippen molar-refractivity contribution in [2.45, 2.75) is 12.5 Å². The van der Waals surface area contributed by atoms with E-state index in [9.17, 15) is 14.0 Å². The van der Waals surface area contributed by atoms with Crippen LogP contribution in [0.25, 0.3) is 0 Å². The molecule has 39 heavy (non-hydrogen) atoms. The van der Waals surface area contributed by atoms with Crippen LogP contribution in [-0.2, 0) is 9.53 Å². The summed E-state index contributed by atoms with van der Waals surface area (Å²) in [6.45, 7) is 3.62. The van der Waals surface area contributed by atoms with Crippen molar-refractivity contribution >= 4 is 28.9 Å². The lowest BCUT2D eigenvalue weighted by atomic mass is 10.0. The monoisotopic (exact) mass is 550 g/mol. The molecule has 0 unspecified atom stereocenters. The molecule has 5 rings (SSSR count). The second-order valence-electron chi connectivity index (χ2n) is 9.41. The average molecular weight is 551 g/mol. The van der Waals surface area contributed by atoms with Crippen molar-refractivity contribution in [1.82, 2.24) is 14.8 Å². The molecule has 0 aliphatic carbocycles. The van der Waals surface area contributed by atoms with Gasteiger partial charge in [0.15, 0.2) is 0 Å². The first-order valence-electron chi connectivity index (χ1n) is 12.9. The van der Waals surface area contributed by atoms with Gasteiger partial charge in [0, 0.05) is 43.7 Å². The molecule has 0 N–H and O–H groups in total. The van der Waals surface area contributed by atoms with Gasteiger partial charge < -0.3 is 14.4 Å². The summed E-state index contributed by atoms with van der Waals surface area (Å²) in [5.74, 6) is -0.369. The standard InChI is InChI=1S/C29H31FN4O4S/c1-37-22-10-8-21(9-11-22)29(36)33(13-12-32-14-16-38-17-15-32)20-28(35)34-26(23-5-2-3-6-24(23)30)19-25(31-34)27-7-4-18-39-27/h2-11,18,26H,12-17,19-20H2,1H3/t26-/m0/s1. The maximum Gasteiger partial charge on any atom is 0.262 e. The number of amides is 2. The second-order valence-corrected chi connectivity index (χ2v) is 10.4. The van der Waals surface area contributed by atoms with E-state index >= 15 is 0 Å². The van der Waals surface area contributed by atoms with Crippen molar-refractivity contribution in [3.63, 3.8) is 0 Å². The number of benzene rings is 2. The lowest BCUT2D eigenvalue weighted by molar-refractivity contribution is -0.133. The summed E-state index contributed by atoms with van der Waals surface area (Å²) in [5.41, 5.74) is 1.59. The molecule has 0 bridgehead atoms. The van der Waals surface area contributed by atoms with Crippen LogP contribution in [0.3, 0.4) is 0 Å². The van der Waals surface area contributed by atoms with Gasteiger partial charge in [-0.3, -0.25) is 14.5 Å². The summed E-state index contributed by atoms with van der Waals surface area (Å²) in [7, 11) is 1.57. The van der Waals surface area contributed by atoms with Gasteiger partial charge in [-0.15, -0.1) is 11.3 Å². The topological polar surface area (TPSA) is 74.7 Å². The minimum Gasteiger partial charge on any atom is -0.497 e. The Morgan fingerprint density at radius 1 is 1.10 bits per heavy atom. The number of methoxy groups -OCH3 is 1. The summed E-state index contributed by atoms with van der Waals surface area (Å²) in [6.07, 6.45) is 0.396. The molecule has 3 heterocycles. The summed E-state index contributed by atoms with van der Waals surface area (Å²) >= 11 is 1.53. The number of hydrogen-bond acceptors (Lipinski definition) is 7. The molecule has 1 aromatic heterocycles. The Kier molecular flexibility index (Phi) is 8.65. The summed E-state index contributed by atoms with van der Waals surface area (Å²) in [4.78, 5) is 32.1. The second kappa shape index (κ2) is 12.5. The summed E-state index contributed by atoms with van der Waals surface area (Å²) in [5, 5.41) is 7.95. The molecule has 1 atom stereocenters.